The highest BCUT2D eigenvalue weighted by atomic mass is 16.4. The number of rotatable bonds is 8. The highest BCUT2D eigenvalue weighted by Crippen LogP contribution is 2.30. The van der Waals surface area contributed by atoms with Gasteiger partial charge in [0.15, 0.2) is 0 Å². The summed E-state index contributed by atoms with van der Waals surface area (Å²) in [5.74, 6) is 1.19. The van der Waals surface area contributed by atoms with Gasteiger partial charge in [0, 0.05) is 23.6 Å². The number of para-hydroxylation sites is 1. The highest BCUT2D eigenvalue weighted by Gasteiger charge is 2.19. The van der Waals surface area contributed by atoms with Crippen LogP contribution in [-0.4, -0.2) is 45.2 Å². The largest absolute Gasteiger partial charge is 0.419 e. The zero-order valence-corrected chi connectivity index (χ0v) is 19.3. The van der Waals surface area contributed by atoms with Gasteiger partial charge in [-0.1, -0.05) is 36.3 Å². The summed E-state index contributed by atoms with van der Waals surface area (Å²) < 4.78 is 8.03. The van der Waals surface area contributed by atoms with E-state index in [1.54, 1.807) is 0 Å². The molecule has 0 atom stereocenters. The minimum absolute atomic E-state index is 0.0232. The number of hydrogen-bond acceptors (Lipinski definition) is 5. The van der Waals surface area contributed by atoms with E-state index >= 15 is 0 Å². The first-order valence-corrected chi connectivity index (χ1v) is 12.3. The van der Waals surface area contributed by atoms with E-state index in [2.05, 4.69) is 26.5 Å². The topological polar surface area (TPSA) is 76.2 Å². The van der Waals surface area contributed by atoms with Gasteiger partial charge in [0.25, 0.3) is 0 Å². The van der Waals surface area contributed by atoms with E-state index in [1.807, 2.05) is 35.0 Å². The third-order valence-electron chi connectivity index (χ3n) is 6.76. The molecule has 1 saturated heterocycles. The van der Waals surface area contributed by atoms with Crippen molar-refractivity contribution >= 4 is 16.8 Å². The van der Waals surface area contributed by atoms with Crippen LogP contribution in [0.5, 0.6) is 0 Å². The van der Waals surface area contributed by atoms with E-state index in [0.717, 1.165) is 36.0 Å². The quantitative estimate of drug-likeness (QED) is 0.507. The van der Waals surface area contributed by atoms with Crippen molar-refractivity contribution in [3.05, 3.63) is 48.0 Å². The average Bonchev–Trinajstić information content (AvgIpc) is 3.45. The molecule has 0 radical (unpaired) electrons. The van der Waals surface area contributed by atoms with Gasteiger partial charge in [0.05, 0.1) is 12.1 Å². The minimum Gasteiger partial charge on any atom is -0.419 e. The normalized spacial score (nSPS) is 17.3. The number of allylic oxidation sites excluding steroid dienone is 1. The van der Waals surface area contributed by atoms with E-state index in [0.29, 0.717) is 24.9 Å². The Hall–Kier alpha value is -2.93. The van der Waals surface area contributed by atoms with Gasteiger partial charge in [-0.25, -0.2) is 0 Å². The van der Waals surface area contributed by atoms with Crippen LogP contribution in [0.3, 0.4) is 0 Å². The molecular formula is C26H33N5O2. The molecule has 0 spiro atoms. The number of carbonyl (C=O) groups is 1. The molecule has 3 aromatic rings. The number of hydrogen-bond donors (Lipinski definition) is 1. The summed E-state index contributed by atoms with van der Waals surface area (Å²) >= 11 is 0. The zero-order chi connectivity index (χ0) is 22.5. The Bertz CT molecular complexity index is 1120. The van der Waals surface area contributed by atoms with Crippen LogP contribution in [0.4, 0.5) is 0 Å². The van der Waals surface area contributed by atoms with Gasteiger partial charge in [0.2, 0.25) is 17.7 Å². The maximum Gasteiger partial charge on any atom is 0.249 e. The molecule has 0 saturated carbocycles. The maximum atomic E-state index is 12.7. The van der Waals surface area contributed by atoms with E-state index in [9.17, 15) is 4.79 Å². The lowest BCUT2D eigenvalue weighted by Crippen LogP contribution is -2.29. The molecule has 5 rings (SSSR count). The molecule has 1 N–H and O–H groups in total. The number of benzene rings is 1. The van der Waals surface area contributed by atoms with Crippen LogP contribution in [0.25, 0.3) is 22.4 Å². The van der Waals surface area contributed by atoms with Gasteiger partial charge in [-0.2, -0.15) is 0 Å². The number of fused-ring (bicyclic) bond motifs is 1. The van der Waals surface area contributed by atoms with E-state index in [1.165, 1.54) is 50.5 Å². The molecular weight excluding hydrogens is 414 g/mol. The second-order valence-corrected chi connectivity index (χ2v) is 9.23. The van der Waals surface area contributed by atoms with E-state index in [-0.39, 0.29) is 12.5 Å². The number of nitrogens with one attached hydrogen (secondary N) is 1. The van der Waals surface area contributed by atoms with Crippen molar-refractivity contribution < 1.29 is 9.21 Å². The van der Waals surface area contributed by atoms with Crippen LogP contribution in [0, 0.1) is 0 Å². The predicted molar refractivity (Wildman–Crippen MR) is 129 cm³/mol. The summed E-state index contributed by atoms with van der Waals surface area (Å²) in [5.41, 5.74) is 3.35. The third kappa shape index (κ3) is 5.36. The van der Waals surface area contributed by atoms with Crippen molar-refractivity contribution in [1.82, 2.24) is 25.0 Å². The molecule has 174 valence electrons. The maximum absolute atomic E-state index is 12.7. The van der Waals surface area contributed by atoms with Gasteiger partial charge in [-0.05, 0) is 64.1 Å². The summed E-state index contributed by atoms with van der Waals surface area (Å²) in [6, 6.07) is 8.07. The van der Waals surface area contributed by atoms with Gasteiger partial charge in [-0.15, -0.1) is 10.2 Å². The summed E-state index contributed by atoms with van der Waals surface area (Å²) in [5, 5.41) is 12.7. The Morgan fingerprint density at radius 3 is 2.79 bits per heavy atom. The highest BCUT2D eigenvalue weighted by molar-refractivity contribution is 5.94. The van der Waals surface area contributed by atoms with Gasteiger partial charge in [0.1, 0.15) is 6.54 Å². The number of piperidine rings is 1. The monoisotopic (exact) mass is 447 g/mol. The van der Waals surface area contributed by atoms with Crippen molar-refractivity contribution in [3.8, 4) is 11.5 Å². The van der Waals surface area contributed by atoms with Crippen molar-refractivity contribution in [2.45, 2.75) is 64.5 Å². The minimum atomic E-state index is 0.0232. The third-order valence-corrected chi connectivity index (χ3v) is 6.76. The van der Waals surface area contributed by atoms with Crippen LogP contribution in [0.1, 0.15) is 57.3 Å². The standard InChI is InChI=1S/C26H33N5O2/c32-24(27-14-13-20-9-3-1-4-10-20)18-31-17-22(21-11-5-6-12-23(21)31)26-29-28-25(33-26)19-30-15-7-2-8-16-30/h5-6,9,11-12,17H,1-4,7-8,10,13-16,18-19H2,(H,27,32). The molecule has 0 bridgehead atoms. The second kappa shape index (κ2) is 10.3. The fourth-order valence-electron chi connectivity index (χ4n) is 4.99. The Balaban J connectivity index is 1.27. The van der Waals surface area contributed by atoms with Crippen molar-refractivity contribution in [2.75, 3.05) is 19.6 Å². The van der Waals surface area contributed by atoms with Crippen molar-refractivity contribution in [3.63, 3.8) is 0 Å². The van der Waals surface area contributed by atoms with E-state index in [4.69, 9.17) is 4.42 Å². The molecule has 7 heteroatoms. The Morgan fingerprint density at radius 2 is 1.94 bits per heavy atom. The molecule has 0 unspecified atom stereocenters. The number of nitrogens with zero attached hydrogens (tertiary/aromatic N) is 4. The first kappa shape index (κ1) is 21.9. The SMILES string of the molecule is O=C(Cn1cc(-c2nnc(CN3CCCCC3)o2)c2ccccc21)NCCC1=CCCCC1. The number of carbonyl (C=O) groups excluding carboxylic acids is 1. The van der Waals surface area contributed by atoms with Gasteiger partial charge >= 0.3 is 0 Å². The van der Waals surface area contributed by atoms with Crippen LogP contribution in [0.2, 0.25) is 0 Å². The molecule has 1 aromatic carbocycles. The Morgan fingerprint density at radius 1 is 1.06 bits per heavy atom. The van der Waals surface area contributed by atoms with Crippen molar-refractivity contribution in [2.24, 2.45) is 0 Å². The van der Waals surface area contributed by atoms with Crippen molar-refractivity contribution in [1.29, 1.82) is 0 Å². The summed E-state index contributed by atoms with van der Waals surface area (Å²) in [7, 11) is 0. The van der Waals surface area contributed by atoms with Gasteiger partial charge in [-0.3, -0.25) is 9.69 Å². The van der Waals surface area contributed by atoms with Crippen LogP contribution in [0.15, 0.2) is 46.5 Å². The fourth-order valence-corrected chi connectivity index (χ4v) is 4.99. The predicted octanol–water partition coefficient (Wildman–Crippen LogP) is 4.68. The summed E-state index contributed by atoms with van der Waals surface area (Å²) in [6.45, 7) is 3.84. The Kier molecular flexibility index (Phi) is 6.86. The lowest BCUT2D eigenvalue weighted by atomic mass is 9.97. The zero-order valence-electron chi connectivity index (χ0n) is 19.3. The molecule has 7 nitrogen and oxygen atoms in total. The lowest BCUT2D eigenvalue weighted by molar-refractivity contribution is -0.121. The van der Waals surface area contributed by atoms with Crippen LogP contribution >= 0.6 is 0 Å². The smallest absolute Gasteiger partial charge is 0.249 e. The number of likely N-dealkylation sites (tertiary alicyclic amines) is 1. The first-order valence-electron chi connectivity index (χ1n) is 12.3. The van der Waals surface area contributed by atoms with Crippen LogP contribution in [-0.2, 0) is 17.9 Å². The van der Waals surface area contributed by atoms with Gasteiger partial charge < -0.3 is 14.3 Å². The lowest BCUT2D eigenvalue weighted by Gasteiger charge is -2.24. The molecule has 2 aliphatic rings. The average molecular weight is 448 g/mol. The molecule has 1 aliphatic heterocycles. The fraction of sp³-hybridized carbons (Fsp3) is 0.500. The molecule has 1 aliphatic carbocycles. The molecule has 33 heavy (non-hydrogen) atoms. The number of amides is 1. The van der Waals surface area contributed by atoms with E-state index < -0.39 is 0 Å². The summed E-state index contributed by atoms with van der Waals surface area (Å²) in [6.07, 6.45) is 13.9. The second-order valence-electron chi connectivity index (χ2n) is 9.23. The molecule has 2 aromatic heterocycles. The molecule has 1 amide bonds. The molecule has 3 heterocycles. The first-order chi connectivity index (χ1) is 16.3. The number of aromatic nitrogens is 3. The molecule has 1 fully saturated rings. The summed E-state index contributed by atoms with van der Waals surface area (Å²) in [4.78, 5) is 15.0. The Labute approximate surface area is 194 Å². The van der Waals surface area contributed by atoms with Crippen LogP contribution < -0.4 is 5.32 Å².